The van der Waals surface area contributed by atoms with Gasteiger partial charge in [0.25, 0.3) is 0 Å². The van der Waals surface area contributed by atoms with Crippen LogP contribution in [-0.4, -0.2) is 17.1 Å². The molecule has 2 aromatic rings. The molecule has 0 aromatic carbocycles. The standard InChI is InChI=1S/C10H9Br2N3OS/c1-16-9-7(12)4-13-10(15-9)14-5-8-6(11)2-3-17-8/h2-4H,5H2,1H3,(H,13,14,15). The highest BCUT2D eigenvalue weighted by molar-refractivity contribution is 9.10. The topological polar surface area (TPSA) is 47.0 Å². The number of ether oxygens (including phenoxy) is 1. The van der Waals surface area contributed by atoms with E-state index in [0.29, 0.717) is 18.4 Å². The summed E-state index contributed by atoms with van der Waals surface area (Å²) >= 11 is 8.46. The van der Waals surface area contributed by atoms with Gasteiger partial charge in [0, 0.05) is 9.35 Å². The second-order valence-corrected chi connectivity index (χ2v) is 5.81. The maximum atomic E-state index is 5.10. The molecule has 0 spiro atoms. The van der Waals surface area contributed by atoms with Crippen LogP contribution < -0.4 is 10.1 Å². The molecule has 0 amide bonds. The van der Waals surface area contributed by atoms with Crippen LogP contribution in [0.25, 0.3) is 0 Å². The summed E-state index contributed by atoms with van der Waals surface area (Å²) in [4.78, 5) is 9.58. The molecule has 2 aromatic heterocycles. The number of hydrogen-bond donors (Lipinski definition) is 1. The average molecular weight is 379 g/mol. The van der Waals surface area contributed by atoms with Gasteiger partial charge >= 0.3 is 0 Å². The normalized spacial score (nSPS) is 10.3. The molecule has 4 nitrogen and oxygen atoms in total. The van der Waals surface area contributed by atoms with E-state index in [1.807, 2.05) is 11.4 Å². The van der Waals surface area contributed by atoms with Crippen molar-refractivity contribution in [2.24, 2.45) is 0 Å². The zero-order valence-corrected chi connectivity index (χ0v) is 12.9. The summed E-state index contributed by atoms with van der Waals surface area (Å²) in [5.74, 6) is 1.07. The van der Waals surface area contributed by atoms with Crippen molar-refractivity contribution in [2.45, 2.75) is 6.54 Å². The highest BCUT2D eigenvalue weighted by Crippen LogP contribution is 2.25. The van der Waals surface area contributed by atoms with Crippen molar-refractivity contribution in [1.82, 2.24) is 9.97 Å². The van der Waals surface area contributed by atoms with Crippen LogP contribution >= 0.6 is 43.2 Å². The number of hydrogen-bond acceptors (Lipinski definition) is 5. The van der Waals surface area contributed by atoms with E-state index in [1.165, 1.54) is 4.88 Å². The molecule has 7 heteroatoms. The second-order valence-electron chi connectivity index (χ2n) is 3.10. The lowest BCUT2D eigenvalue weighted by atomic mass is 10.5. The minimum absolute atomic E-state index is 0.521. The number of thiophene rings is 1. The molecule has 0 fully saturated rings. The molecule has 0 atom stereocenters. The minimum Gasteiger partial charge on any atom is -0.480 e. The first-order valence-corrected chi connectivity index (χ1v) is 7.19. The lowest BCUT2D eigenvalue weighted by Crippen LogP contribution is -2.03. The first kappa shape index (κ1) is 12.8. The quantitative estimate of drug-likeness (QED) is 0.881. The van der Waals surface area contributed by atoms with E-state index in [9.17, 15) is 0 Å². The van der Waals surface area contributed by atoms with E-state index in [1.54, 1.807) is 24.6 Å². The van der Waals surface area contributed by atoms with Gasteiger partial charge in [0.05, 0.1) is 24.3 Å². The minimum atomic E-state index is 0.521. The number of anilines is 1. The SMILES string of the molecule is COc1nc(NCc2sccc2Br)ncc1Br. The predicted octanol–water partition coefficient (Wildman–Crippen LogP) is 3.68. The highest BCUT2D eigenvalue weighted by atomic mass is 79.9. The Balaban J connectivity index is 2.07. The molecule has 90 valence electrons. The van der Waals surface area contributed by atoms with Gasteiger partial charge in [-0.15, -0.1) is 11.3 Å². The van der Waals surface area contributed by atoms with Crippen molar-refractivity contribution >= 4 is 49.1 Å². The van der Waals surface area contributed by atoms with Crippen LogP contribution in [0.2, 0.25) is 0 Å². The van der Waals surface area contributed by atoms with Gasteiger partial charge in [-0.2, -0.15) is 4.98 Å². The molecule has 0 unspecified atom stereocenters. The first-order chi connectivity index (χ1) is 8.20. The van der Waals surface area contributed by atoms with E-state index < -0.39 is 0 Å². The Labute approximate surface area is 120 Å². The summed E-state index contributed by atoms with van der Waals surface area (Å²) in [7, 11) is 1.58. The molecule has 0 saturated carbocycles. The van der Waals surface area contributed by atoms with Gasteiger partial charge in [-0.25, -0.2) is 4.98 Å². The fourth-order valence-corrected chi connectivity index (χ4v) is 2.98. The lowest BCUT2D eigenvalue weighted by Gasteiger charge is -2.06. The molecule has 0 aliphatic rings. The van der Waals surface area contributed by atoms with Gasteiger partial charge in [0.1, 0.15) is 0 Å². The van der Waals surface area contributed by atoms with E-state index >= 15 is 0 Å². The van der Waals surface area contributed by atoms with Crippen LogP contribution in [0, 0.1) is 0 Å². The third kappa shape index (κ3) is 3.17. The van der Waals surface area contributed by atoms with Gasteiger partial charge in [-0.05, 0) is 43.3 Å². The van der Waals surface area contributed by atoms with Gasteiger partial charge in [-0.3, -0.25) is 0 Å². The molecule has 0 aliphatic heterocycles. The van der Waals surface area contributed by atoms with Gasteiger partial charge in [0.15, 0.2) is 0 Å². The number of methoxy groups -OCH3 is 1. The second kappa shape index (κ2) is 5.79. The monoisotopic (exact) mass is 377 g/mol. The molecule has 0 aliphatic carbocycles. The van der Waals surface area contributed by atoms with Crippen molar-refractivity contribution in [3.8, 4) is 5.88 Å². The van der Waals surface area contributed by atoms with E-state index in [-0.39, 0.29) is 0 Å². The molecule has 1 N–H and O–H groups in total. The highest BCUT2D eigenvalue weighted by Gasteiger charge is 2.06. The number of nitrogens with zero attached hydrogens (tertiary/aromatic N) is 2. The third-order valence-electron chi connectivity index (χ3n) is 2.00. The Morgan fingerprint density at radius 3 is 2.88 bits per heavy atom. The Morgan fingerprint density at radius 1 is 1.41 bits per heavy atom. The van der Waals surface area contributed by atoms with E-state index in [4.69, 9.17) is 4.74 Å². The number of halogens is 2. The van der Waals surface area contributed by atoms with Crippen molar-refractivity contribution < 1.29 is 4.74 Å². The fourth-order valence-electron chi connectivity index (χ4n) is 1.19. The van der Waals surface area contributed by atoms with E-state index in [2.05, 4.69) is 47.1 Å². The van der Waals surface area contributed by atoms with Crippen molar-refractivity contribution in [3.05, 3.63) is 31.5 Å². The molecule has 0 bridgehead atoms. The molecule has 0 radical (unpaired) electrons. The van der Waals surface area contributed by atoms with Gasteiger partial charge in [0.2, 0.25) is 11.8 Å². The summed E-state index contributed by atoms with van der Waals surface area (Å²) < 4.78 is 6.94. The third-order valence-corrected chi connectivity index (χ3v) is 4.47. The Bertz CT molecular complexity index is 518. The van der Waals surface area contributed by atoms with Gasteiger partial charge < -0.3 is 10.1 Å². The number of nitrogens with one attached hydrogen (secondary N) is 1. The summed E-state index contributed by atoms with van der Waals surface area (Å²) in [6, 6.07) is 2.02. The molecule has 17 heavy (non-hydrogen) atoms. The lowest BCUT2D eigenvalue weighted by molar-refractivity contribution is 0.394. The Hall–Kier alpha value is -0.660. The smallest absolute Gasteiger partial charge is 0.232 e. The zero-order valence-electron chi connectivity index (χ0n) is 8.91. The molecule has 2 rings (SSSR count). The average Bonchev–Trinajstić information content (AvgIpc) is 2.74. The molecular weight excluding hydrogens is 370 g/mol. The fraction of sp³-hybridized carbons (Fsp3) is 0.200. The van der Waals surface area contributed by atoms with Crippen LogP contribution in [0.4, 0.5) is 5.95 Å². The van der Waals surface area contributed by atoms with Crippen LogP contribution in [0.1, 0.15) is 4.88 Å². The predicted molar refractivity (Wildman–Crippen MR) is 75.6 cm³/mol. The number of rotatable bonds is 4. The van der Waals surface area contributed by atoms with Crippen LogP contribution in [-0.2, 0) is 6.54 Å². The Morgan fingerprint density at radius 2 is 2.24 bits per heavy atom. The van der Waals surface area contributed by atoms with E-state index in [0.717, 1.165) is 8.95 Å². The molecule has 2 heterocycles. The summed E-state index contributed by atoms with van der Waals surface area (Å²) in [5.41, 5.74) is 0. The number of aromatic nitrogens is 2. The van der Waals surface area contributed by atoms with Crippen molar-refractivity contribution in [1.29, 1.82) is 0 Å². The molecule has 0 saturated heterocycles. The largest absolute Gasteiger partial charge is 0.480 e. The maximum absolute atomic E-state index is 5.10. The van der Waals surface area contributed by atoms with Crippen LogP contribution in [0.5, 0.6) is 5.88 Å². The zero-order chi connectivity index (χ0) is 12.3. The summed E-state index contributed by atoms with van der Waals surface area (Å²) in [6.07, 6.45) is 1.66. The summed E-state index contributed by atoms with van der Waals surface area (Å²) in [5, 5.41) is 5.18. The van der Waals surface area contributed by atoms with Crippen LogP contribution in [0.15, 0.2) is 26.6 Å². The maximum Gasteiger partial charge on any atom is 0.232 e. The van der Waals surface area contributed by atoms with Crippen molar-refractivity contribution in [3.63, 3.8) is 0 Å². The molecular formula is C10H9Br2N3OS. The van der Waals surface area contributed by atoms with Gasteiger partial charge in [-0.1, -0.05) is 0 Å². The van der Waals surface area contributed by atoms with Crippen LogP contribution in [0.3, 0.4) is 0 Å². The first-order valence-electron chi connectivity index (χ1n) is 4.73. The van der Waals surface area contributed by atoms with Crippen molar-refractivity contribution in [2.75, 3.05) is 12.4 Å². The summed E-state index contributed by atoms with van der Waals surface area (Å²) in [6.45, 7) is 0.684. The Kier molecular flexibility index (Phi) is 4.36.